The molecule has 2 atom stereocenters. The zero-order valence-corrected chi connectivity index (χ0v) is 12.7. The van der Waals surface area contributed by atoms with Crippen LogP contribution in [-0.4, -0.2) is 35.2 Å². The smallest absolute Gasteiger partial charge is 0.318 e. The van der Waals surface area contributed by atoms with E-state index in [0.29, 0.717) is 6.42 Å². The number of hydrogen-bond acceptors (Lipinski definition) is 2. The molecule has 22 heavy (non-hydrogen) atoms. The molecular weight excluding hydrogens is 283 g/mol. The fourth-order valence-electron chi connectivity index (χ4n) is 3.69. The number of halogens is 1. The summed E-state index contributed by atoms with van der Waals surface area (Å²) in [6.45, 7) is 0.861. The average molecular weight is 306 g/mol. The summed E-state index contributed by atoms with van der Waals surface area (Å²) in [5, 5.41) is 12.3. The molecule has 3 rings (SSSR count). The predicted molar refractivity (Wildman–Crippen MR) is 82.0 cm³/mol. The number of amides is 2. The van der Waals surface area contributed by atoms with Gasteiger partial charge in [0.05, 0.1) is 6.04 Å². The highest BCUT2D eigenvalue weighted by molar-refractivity contribution is 5.75. The molecule has 0 aromatic heterocycles. The van der Waals surface area contributed by atoms with Crippen molar-refractivity contribution in [3.05, 3.63) is 35.1 Å². The van der Waals surface area contributed by atoms with Crippen LogP contribution in [0.3, 0.4) is 0 Å². The molecule has 0 spiro atoms. The lowest BCUT2D eigenvalue weighted by molar-refractivity contribution is 0.129. The summed E-state index contributed by atoms with van der Waals surface area (Å²) >= 11 is 0. The SMILES string of the molecule is O=C(NC1CCc2cc(F)ccc21)N1CCCCC1CCO. The molecule has 1 fully saturated rings. The van der Waals surface area contributed by atoms with Crippen molar-refractivity contribution in [1.29, 1.82) is 0 Å². The summed E-state index contributed by atoms with van der Waals surface area (Å²) in [5.41, 5.74) is 2.03. The second kappa shape index (κ2) is 6.65. The van der Waals surface area contributed by atoms with Crippen LogP contribution in [0.15, 0.2) is 18.2 Å². The van der Waals surface area contributed by atoms with Crippen LogP contribution in [0.25, 0.3) is 0 Å². The Hall–Kier alpha value is -1.62. The lowest BCUT2D eigenvalue weighted by Gasteiger charge is -2.36. The minimum atomic E-state index is -0.218. The van der Waals surface area contributed by atoms with E-state index in [0.717, 1.165) is 49.8 Å². The maximum atomic E-state index is 13.3. The predicted octanol–water partition coefficient (Wildman–Crippen LogP) is 2.76. The number of hydrogen-bond donors (Lipinski definition) is 2. The second-order valence-electron chi connectivity index (χ2n) is 6.24. The number of aliphatic hydroxyl groups is 1. The van der Waals surface area contributed by atoms with E-state index >= 15 is 0 Å². The minimum Gasteiger partial charge on any atom is -0.396 e. The second-order valence-corrected chi connectivity index (χ2v) is 6.24. The monoisotopic (exact) mass is 306 g/mol. The average Bonchev–Trinajstić information content (AvgIpc) is 2.90. The van der Waals surface area contributed by atoms with Crippen molar-refractivity contribution in [3.8, 4) is 0 Å². The molecule has 2 amide bonds. The Bertz CT molecular complexity index is 547. The van der Waals surface area contributed by atoms with Gasteiger partial charge in [0.1, 0.15) is 5.82 Å². The number of nitrogens with zero attached hydrogens (tertiary/aromatic N) is 1. The Kier molecular flexibility index (Phi) is 4.62. The number of urea groups is 1. The van der Waals surface area contributed by atoms with Gasteiger partial charge in [0.25, 0.3) is 0 Å². The normalized spacial score (nSPS) is 24.2. The van der Waals surface area contributed by atoms with E-state index in [4.69, 9.17) is 5.11 Å². The van der Waals surface area contributed by atoms with E-state index in [1.165, 1.54) is 6.07 Å². The maximum Gasteiger partial charge on any atom is 0.318 e. The van der Waals surface area contributed by atoms with E-state index in [1.54, 1.807) is 12.1 Å². The highest BCUT2D eigenvalue weighted by Crippen LogP contribution is 2.32. The summed E-state index contributed by atoms with van der Waals surface area (Å²) < 4.78 is 13.3. The zero-order valence-electron chi connectivity index (χ0n) is 12.7. The van der Waals surface area contributed by atoms with Crippen LogP contribution in [0.1, 0.15) is 49.3 Å². The molecular formula is C17H23FN2O2. The van der Waals surface area contributed by atoms with E-state index in [-0.39, 0.29) is 30.5 Å². The molecule has 1 aromatic rings. The molecule has 2 aliphatic rings. The number of carbonyl (C=O) groups excluding carboxylic acids is 1. The van der Waals surface area contributed by atoms with Gasteiger partial charge in [-0.15, -0.1) is 0 Å². The highest BCUT2D eigenvalue weighted by Gasteiger charge is 2.30. The summed E-state index contributed by atoms with van der Waals surface area (Å²) in [4.78, 5) is 14.4. The van der Waals surface area contributed by atoms with Gasteiger partial charge in [-0.05, 0) is 61.8 Å². The number of aliphatic hydroxyl groups excluding tert-OH is 1. The molecule has 2 unspecified atom stereocenters. The van der Waals surface area contributed by atoms with Gasteiger partial charge < -0.3 is 15.3 Å². The lowest BCUT2D eigenvalue weighted by Crippen LogP contribution is -2.49. The zero-order chi connectivity index (χ0) is 15.5. The van der Waals surface area contributed by atoms with Gasteiger partial charge >= 0.3 is 6.03 Å². The van der Waals surface area contributed by atoms with Crippen LogP contribution in [0.5, 0.6) is 0 Å². The fourth-order valence-corrected chi connectivity index (χ4v) is 3.69. The summed E-state index contributed by atoms with van der Waals surface area (Å²) in [6, 6.07) is 4.85. The first-order valence-electron chi connectivity index (χ1n) is 8.15. The van der Waals surface area contributed by atoms with Gasteiger partial charge in [-0.1, -0.05) is 6.07 Å². The molecule has 0 saturated carbocycles. The summed E-state index contributed by atoms with van der Waals surface area (Å²) in [6.07, 6.45) is 5.35. The molecule has 0 bridgehead atoms. The Labute approximate surface area is 130 Å². The largest absolute Gasteiger partial charge is 0.396 e. The topological polar surface area (TPSA) is 52.6 Å². The number of benzene rings is 1. The molecule has 1 saturated heterocycles. The van der Waals surface area contributed by atoms with Crippen molar-refractivity contribution in [1.82, 2.24) is 10.2 Å². The lowest BCUT2D eigenvalue weighted by atomic mass is 10.00. The Balaban J connectivity index is 1.67. The van der Waals surface area contributed by atoms with Crippen LogP contribution in [0.4, 0.5) is 9.18 Å². The van der Waals surface area contributed by atoms with Gasteiger partial charge in [-0.25, -0.2) is 9.18 Å². The number of aryl methyl sites for hydroxylation is 1. The molecule has 1 aliphatic carbocycles. The van der Waals surface area contributed by atoms with E-state index < -0.39 is 0 Å². The third-order valence-corrected chi connectivity index (χ3v) is 4.83. The number of rotatable bonds is 3. The van der Waals surface area contributed by atoms with Gasteiger partial charge in [0.2, 0.25) is 0 Å². The molecule has 120 valence electrons. The first-order valence-corrected chi connectivity index (χ1v) is 8.15. The van der Waals surface area contributed by atoms with Crippen LogP contribution >= 0.6 is 0 Å². The van der Waals surface area contributed by atoms with E-state index in [2.05, 4.69) is 5.32 Å². The number of likely N-dealkylation sites (tertiary alicyclic amines) is 1. The molecule has 1 aromatic carbocycles. The first kappa shape index (κ1) is 15.3. The van der Waals surface area contributed by atoms with E-state index in [1.807, 2.05) is 4.90 Å². The van der Waals surface area contributed by atoms with Crippen molar-refractivity contribution in [2.45, 2.75) is 50.6 Å². The third-order valence-electron chi connectivity index (χ3n) is 4.83. The van der Waals surface area contributed by atoms with Gasteiger partial charge in [0.15, 0.2) is 0 Å². The minimum absolute atomic E-state index is 0.0280. The van der Waals surface area contributed by atoms with Crippen LogP contribution in [0.2, 0.25) is 0 Å². The molecule has 4 nitrogen and oxygen atoms in total. The van der Waals surface area contributed by atoms with Crippen molar-refractivity contribution in [2.24, 2.45) is 0 Å². The van der Waals surface area contributed by atoms with Crippen LogP contribution < -0.4 is 5.32 Å². The maximum absolute atomic E-state index is 13.3. The Morgan fingerprint density at radius 2 is 2.23 bits per heavy atom. The Morgan fingerprint density at radius 1 is 1.36 bits per heavy atom. The number of piperidine rings is 1. The molecule has 1 heterocycles. The standard InChI is InChI=1S/C17H23FN2O2/c18-13-5-6-15-12(11-13)4-7-16(15)19-17(22)20-9-2-1-3-14(20)8-10-21/h5-6,11,14,16,21H,1-4,7-10H2,(H,19,22). The highest BCUT2D eigenvalue weighted by atomic mass is 19.1. The Morgan fingerprint density at radius 3 is 3.05 bits per heavy atom. The summed E-state index contributed by atoms with van der Waals surface area (Å²) in [5.74, 6) is -0.218. The van der Waals surface area contributed by atoms with Crippen molar-refractivity contribution < 1.29 is 14.3 Å². The van der Waals surface area contributed by atoms with E-state index in [9.17, 15) is 9.18 Å². The van der Waals surface area contributed by atoms with Gasteiger partial charge in [-0.2, -0.15) is 0 Å². The fraction of sp³-hybridized carbons (Fsp3) is 0.588. The number of nitrogens with one attached hydrogen (secondary N) is 1. The van der Waals surface area contributed by atoms with Gasteiger partial charge in [0, 0.05) is 19.2 Å². The third kappa shape index (κ3) is 3.09. The molecule has 5 heteroatoms. The first-order chi connectivity index (χ1) is 10.7. The molecule has 1 aliphatic heterocycles. The van der Waals surface area contributed by atoms with Crippen molar-refractivity contribution >= 4 is 6.03 Å². The van der Waals surface area contributed by atoms with Crippen LogP contribution in [0, 0.1) is 5.82 Å². The molecule has 0 radical (unpaired) electrons. The van der Waals surface area contributed by atoms with Crippen LogP contribution in [-0.2, 0) is 6.42 Å². The van der Waals surface area contributed by atoms with Gasteiger partial charge in [-0.3, -0.25) is 0 Å². The van der Waals surface area contributed by atoms with Crippen molar-refractivity contribution in [2.75, 3.05) is 13.2 Å². The molecule has 2 N–H and O–H groups in total. The quantitative estimate of drug-likeness (QED) is 0.902. The summed E-state index contributed by atoms with van der Waals surface area (Å²) in [7, 11) is 0. The number of fused-ring (bicyclic) bond motifs is 1. The number of carbonyl (C=O) groups is 1. The van der Waals surface area contributed by atoms with Crippen molar-refractivity contribution in [3.63, 3.8) is 0 Å².